The molecule has 0 unspecified atom stereocenters. The maximum Gasteiger partial charge on any atom is 0.0873 e. The van der Waals surface area contributed by atoms with Crippen LogP contribution in [0.4, 0.5) is 0 Å². The van der Waals surface area contributed by atoms with Crippen molar-refractivity contribution < 1.29 is 4.74 Å². The van der Waals surface area contributed by atoms with Crippen LogP contribution in [-0.2, 0) is 4.74 Å². The highest BCUT2D eigenvalue weighted by atomic mass is 16.5. The molecule has 100 valence electrons. The number of rotatable bonds is 6. The number of hydrogen-bond donors (Lipinski definition) is 0. The molecule has 2 rings (SSSR count). The SMILES string of the molecule is CCCCCO/C=C(\C)c1ccc2ccccc2c1. The number of hydrogen-bond acceptors (Lipinski definition) is 1. The number of allylic oxidation sites excluding steroid dienone is 1. The fraction of sp³-hybridized carbons (Fsp3) is 0.333. The van der Waals surface area contributed by atoms with Crippen molar-refractivity contribution in [1.82, 2.24) is 0 Å². The van der Waals surface area contributed by atoms with Crippen LogP contribution in [0.1, 0.15) is 38.7 Å². The van der Waals surface area contributed by atoms with Gasteiger partial charge in [-0.1, -0.05) is 56.2 Å². The zero-order valence-corrected chi connectivity index (χ0v) is 11.9. The van der Waals surface area contributed by atoms with Crippen molar-refractivity contribution in [3.8, 4) is 0 Å². The number of unbranched alkanes of at least 4 members (excludes halogenated alkanes) is 2. The van der Waals surface area contributed by atoms with Crippen molar-refractivity contribution in [2.45, 2.75) is 33.1 Å². The molecule has 0 aliphatic rings. The average molecular weight is 254 g/mol. The fourth-order valence-corrected chi connectivity index (χ4v) is 2.12. The van der Waals surface area contributed by atoms with E-state index in [9.17, 15) is 0 Å². The highest BCUT2D eigenvalue weighted by Crippen LogP contribution is 2.20. The van der Waals surface area contributed by atoms with Crippen molar-refractivity contribution in [2.24, 2.45) is 0 Å². The van der Waals surface area contributed by atoms with Crippen LogP contribution in [0.2, 0.25) is 0 Å². The van der Waals surface area contributed by atoms with E-state index in [1.165, 1.54) is 34.8 Å². The molecule has 0 saturated carbocycles. The smallest absolute Gasteiger partial charge is 0.0873 e. The molecule has 0 radical (unpaired) electrons. The lowest BCUT2D eigenvalue weighted by atomic mass is 10.0. The van der Waals surface area contributed by atoms with Gasteiger partial charge < -0.3 is 4.74 Å². The first kappa shape index (κ1) is 13.7. The highest BCUT2D eigenvalue weighted by Gasteiger charge is 1.98. The minimum atomic E-state index is 0.818. The van der Waals surface area contributed by atoms with E-state index < -0.39 is 0 Å². The van der Waals surface area contributed by atoms with Gasteiger partial charge in [0.2, 0.25) is 0 Å². The Kier molecular flexibility index (Phi) is 5.02. The molecule has 0 heterocycles. The molecule has 1 heteroatoms. The monoisotopic (exact) mass is 254 g/mol. The van der Waals surface area contributed by atoms with Crippen molar-refractivity contribution >= 4 is 16.3 Å². The largest absolute Gasteiger partial charge is 0.501 e. The summed E-state index contributed by atoms with van der Waals surface area (Å²) >= 11 is 0. The summed E-state index contributed by atoms with van der Waals surface area (Å²) in [5.74, 6) is 0. The highest BCUT2D eigenvalue weighted by molar-refractivity contribution is 5.85. The van der Waals surface area contributed by atoms with Crippen LogP contribution in [0.5, 0.6) is 0 Å². The molecule has 0 spiro atoms. The zero-order chi connectivity index (χ0) is 13.5. The summed E-state index contributed by atoms with van der Waals surface area (Å²) in [6.07, 6.45) is 5.50. The Hall–Kier alpha value is -1.76. The lowest BCUT2D eigenvalue weighted by Crippen LogP contribution is -1.89. The molecule has 0 bridgehead atoms. The van der Waals surface area contributed by atoms with Gasteiger partial charge >= 0.3 is 0 Å². The van der Waals surface area contributed by atoms with Crippen LogP contribution in [0.3, 0.4) is 0 Å². The summed E-state index contributed by atoms with van der Waals surface area (Å²) in [5.41, 5.74) is 2.41. The number of ether oxygens (including phenoxy) is 1. The molecule has 1 nitrogen and oxygen atoms in total. The minimum Gasteiger partial charge on any atom is -0.501 e. The third-order valence-corrected chi connectivity index (χ3v) is 3.33. The van der Waals surface area contributed by atoms with E-state index in [1.54, 1.807) is 0 Å². The summed E-state index contributed by atoms with van der Waals surface area (Å²) in [5, 5.41) is 2.56. The molecular weight excluding hydrogens is 232 g/mol. The Labute approximate surface area is 115 Å². The van der Waals surface area contributed by atoms with Gasteiger partial charge in [0, 0.05) is 0 Å². The first-order valence-corrected chi connectivity index (χ1v) is 7.09. The van der Waals surface area contributed by atoms with E-state index in [0.717, 1.165) is 13.0 Å². The molecule has 0 N–H and O–H groups in total. The first-order valence-electron chi connectivity index (χ1n) is 7.09. The molecule has 0 aliphatic carbocycles. The van der Waals surface area contributed by atoms with Gasteiger partial charge in [0.25, 0.3) is 0 Å². The third-order valence-electron chi connectivity index (χ3n) is 3.33. The number of fused-ring (bicyclic) bond motifs is 1. The van der Waals surface area contributed by atoms with E-state index in [4.69, 9.17) is 4.74 Å². The van der Waals surface area contributed by atoms with Gasteiger partial charge in [-0.15, -0.1) is 0 Å². The lowest BCUT2D eigenvalue weighted by molar-refractivity contribution is 0.243. The Morgan fingerprint density at radius 2 is 1.84 bits per heavy atom. The number of benzene rings is 2. The first-order chi connectivity index (χ1) is 9.31. The minimum absolute atomic E-state index is 0.818. The van der Waals surface area contributed by atoms with Crippen LogP contribution < -0.4 is 0 Å². The molecular formula is C18H22O. The zero-order valence-electron chi connectivity index (χ0n) is 11.9. The Balaban J connectivity index is 2.04. The van der Waals surface area contributed by atoms with Crippen molar-refractivity contribution in [1.29, 1.82) is 0 Å². The second-order valence-electron chi connectivity index (χ2n) is 4.94. The third kappa shape index (κ3) is 3.85. The van der Waals surface area contributed by atoms with Gasteiger partial charge in [-0.2, -0.15) is 0 Å². The van der Waals surface area contributed by atoms with Crippen LogP contribution in [-0.4, -0.2) is 6.61 Å². The predicted octanol–water partition coefficient (Wildman–Crippen LogP) is 5.41. The molecule has 19 heavy (non-hydrogen) atoms. The molecule has 0 fully saturated rings. The van der Waals surface area contributed by atoms with Crippen LogP contribution in [0.15, 0.2) is 48.7 Å². The quantitative estimate of drug-likeness (QED) is 0.495. The van der Waals surface area contributed by atoms with Crippen molar-refractivity contribution in [3.63, 3.8) is 0 Å². The van der Waals surface area contributed by atoms with E-state index in [1.807, 2.05) is 6.26 Å². The fourth-order valence-electron chi connectivity index (χ4n) is 2.12. The molecule has 0 atom stereocenters. The lowest BCUT2D eigenvalue weighted by Gasteiger charge is -2.05. The summed E-state index contributed by atoms with van der Waals surface area (Å²) in [6, 6.07) is 15.0. The maximum absolute atomic E-state index is 5.60. The van der Waals surface area contributed by atoms with E-state index in [2.05, 4.69) is 56.3 Å². The van der Waals surface area contributed by atoms with Crippen LogP contribution in [0.25, 0.3) is 16.3 Å². The van der Waals surface area contributed by atoms with Gasteiger partial charge in [0.1, 0.15) is 0 Å². The topological polar surface area (TPSA) is 9.23 Å². The maximum atomic E-state index is 5.60. The Morgan fingerprint density at radius 3 is 2.63 bits per heavy atom. The molecule has 2 aromatic carbocycles. The molecule has 2 aromatic rings. The molecule has 0 aliphatic heterocycles. The average Bonchev–Trinajstić information content (AvgIpc) is 2.46. The molecule has 0 saturated heterocycles. The van der Waals surface area contributed by atoms with Gasteiger partial charge in [0.15, 0.2) is 0 Å². The van der Waals surface area contributed by atoms with E-state index in [-0.39, 0.29) is 0 Å². The second-order valence-corrected chi connectivity index (χ2v) is 4.94. The van der Waals surface area contributed by atoms with Crippen LogP contribution in [0, 0.1) is 0 Å². The van der Waals surface area contributed by atoms with Gasteiger partial charge in [-0.25, -0.2) is 0 Å². The summed E-state index contributed by atoms with van der Waals surface area (Å²) in [6.45, 7) is 5.12. The van der Waals surface area contributed by atoms with Crippen molar-refractivity contribution in [2.75, 3.05) is 6.61 Å². The summed E-state index contributed by atoms with van der Waals surface area (Å²) < 4.78 is 5.60. The second kappa shape index (κ2) is 6.98. The van der Waals surface area contributed by atoms with Gasteiger partial charge in [0.05, 0.1) is 12.9 Å². The standard InChI is InChI=1S/C18H22O/c1-3-4-7-12-19-14-15(2)17-11-10-16-8-5-6-9-18(16)13-17/h5-6,8-11,13-14H,3-4,7,12H2,1-2H3/b15-14+. The normalized spacial score (nSPS) is 11.8. The van der Waals surface area contributed by atoms with E-state index in [0.29, 0.717) is 0 Å². The Morgan fingerprint density at radius 1 is 1.05 bits per heavy atom. The molecule has 0 aromatic heterocycles. The van der Waals surface area contributed by atoms with Gasteiger partial charge in [-0.3, -0.25) is 0 Å². The Bertz CT molecular complexity index is 554. The van der Waals surface area contributed by atoms with Crippen LogP contribution >= 0.6 is 0 Å². The summed E-state index contributed by atoms with van der Waals surface area (Å²) in [4.78, 5) is 0. The molecule has 0 amide bonds. The van der Waals surface area contributed by atoms with Crippen molar-refractivity contribution in [3.05, 3.63) is 54.3 Å². The van der Waals surface area contributed by atoms with E-state index >= 15 is 0 Å². The summed E-state index contributed by atoms with van der Waals surface area (Å²) in [7, 11) is 0. The predicted molar refractivity (Wildman–Crippen MR) is 83.1 cm³/mol. The van der Waals surface area contributed by atoms with Gasteiger partial charge in [-0.05, 0) is 41.3 Å².